The summed E-state index contributed by atoms with van der Waals surface area (Å²) in [5.74, 6) is -0.266. The van der Waals surface area contributed by atoms with Crippen molar-refractivity contribution in [3.8, 4) is 0 Å². The molecule has 2 aromatic rings. The predicted octanol–water partition coefficient (Wildman–Crippen LogP) is 4.62. The van der Waals surface area contributed by atoms with Gasteiger partial charge in [0.25, 0.3) is 0 Å². The van der Waals surface area contributed by atoms with E-state index in [-0.39, 0.29) is 5.76 Å². The molecule has 1 N–H and O–H groups in total. The minimum atomic E-state index is -1.01. The molecule has 1 aromatic heterocycles. The fraction of sp³-hybridized carbons (Fsp3) is 0.450. The van der Waals surface area contributed by atoms with Crippen LogP contribution in [0.2, 0.25) is 0 Å². The Balaban J connectivity index is 1.75. The van der Waals surface area contributed by atoms with Gasteiger partial charge < -0.3 is 9.52 Å². The number of carboxylic acid groups (broad SMARTS) is 1. The molecule has 4 heteroatoms. The lowest BCUT2D eigenvalue weighted by Crippen LogP contribution is -2.35. The molecule has 24 heavy (non-hydrogen) atoms. The maximum absolute atomic E-state index is 11.0. The summed E-state index contributed by atoms with van der Waals surface area (Å²) in [4.78, 5) is 13.5. The number of aromatic carboxylic acids is 1. The van der Waals surface area contributed by atoms with Gasteiger partial charge in [0.2, 0.25) is 5.76 Å². The summed E-state index contributed by atoms with van der Waals surface area (Å²) in [7, 11) is 0. The van der Waals surface area contributed by atoms with Crippen LogP contribution < -0.4 is 0 Å². The first-order valence-corrected chi connectivity index (χ1v) is 8.73. The molecule has 1 aliphatic carbocycles. The zero-order valence-electron chi connectivity index (χ0n) is 14.2. The summed E-state index contributed by atoms with van der Waals surface area (Å²) in [5, 5.41) is 9.03. The Morgan fingerprint density at radius 1 is 1.08 bits per heavy atom. The molecule has 0 atom stereocenters. The number of carboxylic acids is 1. The van der Waals surface area contributed by atoms with E-state index in [1.54, 1.807) is 12.1 Å². The summed E-state index contributed by atoms with van der Waals surface area (Å²) >= 11 is 0. The normalized spacial score (nSPS) is 15.8. The Bertz CT molecular complexity index is 668. The Labute approximate surface area is 143 Å². The number of furan rings is 1. The second-order valence-corrected chi connectivity index (χ2v) is 6.75. The second-order valence-electron chi connectivity index (χ2n) is 6.75. The number of benzene rings is 1. The Morgan fingerprint density at radius 2 is 1.79 bits per heavy atom. The molecule has 1 fully saturated rings. The fourth-order valence-electron chi connectivity index (χ4n) is 3.47. The van der Waals surface area contributed by atoms with E-state index in [9.17, 15) is 4.79 Å². The summed E-state index contributed by atoms with van der Waals surface area (Å²) in [6, 6.07) is 12.5. The summed E-state index contributed by atoms with van der Waals surface area (Å²) in [5.41, 5.74) is 2.55. The van der Waals surface area contributed by atoms with E-state index < -0.39 is 5.97 Å². The maximum atomic E-state index is 11.0. The minimum absolute atomic E-state index is 0.0175. The highest BCUT2D eigenvalue weighted by Gasteiger charge is 2.23. The van der Waals surface area contributed by atoms with Crippen molar-refractivity contribution in [3.63, 3.8) is 0 Å². The van der Waals surface area contributed by atoms with E-state index in [1.165, 1.54) is 43.2 Å². The minimum Gasteiger partial charge on any atom is -0.475 e. The van der Waals surface area contributed by atoms with Crippen LogP contribution >= 0.6 is 0 Å². The summed E-state index contributed by atoms with van der Waals surface area (Å²) in [6.07, 6.45) is 6.27. The van der Waals surface area contributed by atoms with Gasteiger partial charge in [-0.15, -0.1) is 0 Å². The zero-order chi connectivity index (χ0) is 16.9. The molecule has 0 unspecified atom stereocenters. The van der Waals surface area contributed by atoms with Crippen LogP contribution in [0.3, 0.4) is 0 Å². The third-order valence-corrected chi connectivity index (χ3v) is 4.83. The van der Waals surface area contributed by atoms with Gasteiger partial charge in [0.1, 0.15) is 5.76 Å². The van der Waals surface area contributed by atoms with Gasteiger partial charge in [-0.3, -0.25) is 4.90 Å². The fourth-order valence-corrected chi connectivity index (χ4v) is 3.47. The number of rotatable bonds is 6. The van der Waals surface area contributed by atoms with Crippen LogP contribution in [-0.4, -0.2) is 22.0 Å². The van der Waals surface area contributed by atoms with Gasteiger partial charge in [-0.25, -0.2) is 4.79 Å². The highest BCUT2D eigenvalue weighted by atomic mass is 16.4. The molecule has 1 aromatic carbocycles. The Morgan fingerprint density at radius 3 is 2.42 bits per heavy atom. The van der Waals surface area contributed by atoms with Crippen molar-refractivity contribution < 1.29 is 14.3 Å². The Kier molecular flexibility index (Phi) is 5.36. The van der Waals surface area contributed by atoms with Crippen LogP contribution in [0.25, 0.3) is 0 Å². The van der Waals surface area contributed by atoms with E-state index in [1.807, 2.05) is 0 Å². The van der Waals surface area contributed by atoms with Gasteiger partial charge in [-0.1, -0.05) is 49.1 Å². The molecule has 0 radical (unpaired) electrons. The van der Waals surface area contributed by atoms with Crippen molar-refractivity contribution in [1.29, 1.82) is 0 Å². The molecule has 1 heterocycles. The second kappa shape index (κ2) is 7.67. The molecule has 0 saturated heterocycles. The maximum Gasteiger partial charge on any atom is 0.371 e. The molecule has 0 spiro atoms. The lowest BCUT2D eigenvalue weighted by Gasteiger charge is -2.34. The van der Waals surface area contributed by atoms with Crippen molar-refractivity contribution in [2.24, 2.45) is 0 Å². The van der Waals surface area contributed by atoms with Gasteiger partial charge in [0, 0.05) is 12.6 Å². The molecule has 4 nitrogen and oxygen atoms in total. The third-order valence-electron chi connectivity index (χ3n) is 4.83. The molecule has 1 saturated carbocycles. The van der Waals surface area contributed by atoms with Crippen LogP contribution in [0.5, 0.6) is 0 Å². The van der Waals surface area contributed by atoms with Crippen molar-refractivity contribution in [3.05, 3.63) is 59.0 Å². The standard InChI is InChI=1S/C20H25NO3/c1-15-7-9-16(10-8-15)13-21(17-5-3-2-4-6-17)14-18-11-12-19(24-18)20(22)23/h7-12,17H,2-6,13-14H2,1H3,(H,22,23). The van der Waals surface area contributed by atoms with E-state index >= 15 is 0 Å². The first-order valence-electron chi connectivity index (χ1n) is 8.73. The number of hydrogen-bond acceptors (Lipinski definition) is 3. The summed E-state index contributed by atoms with van der Waals surface area (Å²) < 4.78 is 5.48. The van der Waals surface area contributed by atoms with Crippen LogP contribution in [0.15, 0.2) is 40.8 Å². The van der Waals surface area contributed by atoms with Crippen molar-refractivity contribution >= 4 is 5.97 Å². The first kappa shape index (κ1) is 16.8. The largest absolute Gasteiger partial charge is 0.475 e. The van der Waals surface area contributed by atoms with Crippen molar-refractivity contribution in [2.75, 3.05) is 0 Å². The predicted molar refractivity (Wildman–Crippen MR) is 93.0 cm³/mol. The van der Waals surface area contributed by atoms with Crippen LogP contribution in [0, 0.1) is 6.92 Å². The van der Waals surface area contributed by atoms with Crippen LogP contribution in [-0.2, 0) is 13.1 Å². The first-order chi connectivity index (χ1) is 11.6. The van der Waals surface area contributed by atoms with Crippen molar-refractivity contribution in [1.82, 2.24) is 4.90 Å². The number of aryl methyl sites for hydroxylation is 1. The van der Waals surface area contributed by atoms with Crippen LogP contribution in [0.4, 0.5) is 0 Å². The number of hydrogen-bond donors (Lipinski definition) is 1. The topological polar surface area (TPSA) is 53.7 Å². The monoisotopic (exact) mass is 327 g/mol. The molecule has 0 bridgehead atoms. The van der Waals surface area contributed by atoms with Crippen molar-refractivity contribution in [2.45, 2.75) is 58.2 Å². The van der Waals surface area contributed by atoms with Crippen LogP contribution in [0.1, 0.15) is 59.5 Å². The van der Waals surface area contributed by atoms with Gasteiger partial charge in [0.15, 0.2) is 0 Å². The number of carbonyl (C=O) groups is 1. The smallest absolute Gasteiger partial charge is 0.371 e. The lowest BCUT2D eigenvalue weighted by molar-refractivity contribution is 0.0655. The van der Waals surface area contributed by atoms with E-state index in [0.717, 1.165) is 12.3 Å². The van der Waals surface area contributed by atoms with Gasteiger partial charge in [-0.2, -0.15) is 0 Å². The molecule has 3 rings (SSSR count). The molecular formula is C20H25NO3. The lowest BCUT2D eigenvalue weighted by atomic mass is 9.93. The molecule has 0 amide bonds. The third kappa shape index (κ3) is 4.26. The highest BCUT2D eigenvalue weighted by Crippen LogP contribution is 2.26. The van der Waals surface area contributed by atoms with Gasteiger partial charge >= 0.3 is 5.97 Å². The zero-order valence-corrected chi connectivity index (χ0v) is 14.2. The highest BCUT2D eigenvalue weighted by molar-refractivity contribution is 5.84. The summed E-state index contributed by atoms with van der Waals surface area (Å²) in [6.45, 7) is 3.62. The average Bonchev–Trinajstić information content (AvgIpc) is 3.06. The molecule has 1 aliphatic rings. The molecule has 128 valence electrons. The quantitative estimate of drug-likeness (QED) is 0.841. The molecule has 0 aliphatic heterocycles. The van der Waals surface area contributed by atoms with E-state index in [0.29, 0.717) is 12.6 Å². The average molecular weight is 327 g/mol. The number of nitrogens with zero attached hydrogens (tertiary/aromatic N) is 1. The van der Waals surface area contributed by atoms with Gasteiger partial charge in [-0.05, 0) is 37.5 Å². The van der Waals surface area contributed by atoms with E-state index in [2.05, 4.69) is 36.1 Å². The SMILES string of the molecule is Cc1ccc(CN(Cc2ccc(C(=O)O)o2)C2CCCCC2)cc1. The molecular weight excluding hydrogens is 302 g/mol. The van der Waals surface area contributed by atoms with E-state index in [4.69, 9.17) is 9.52 Å². The Hall–Kier alpha value is -2.07. The van der Waals surface area contributed by atoms with Gasteiger partial charge in [0.05, 0.1) is 6.54 Å².